The summed E-state index contributed by atoms with van der Waals surface area (Å²) >= 11 is 18.1. The third kappa shape index (κ3) is 6.02. The van der Waals surface area contributed by atoms with Crippen molar-refractivity contribution in [3.63, 3.8) is 0 Å². The number of hydrazone groups is 1. The third-order valence-electron chi connectivity index (χ3n) is 4.89. The van der Waals surface area contributed by atoms with Crippen molar-refractivity contribution < 1.29 is 9.90 Å². The highest BCUT2D eigenvalue weighted by atomic mass is 35.5. The summed E-state index contributed by atoms with van der Waals surface area (Å²) in [5.41, 5.74) is 8.39. The van der Waals surface area contributed by atoms with Crippen LogP contribution in [0.15, 0.2) is 77.9 Å². The SMILES string of the molecule is C[C@H](N)c1ccccc1.O=C(O)C1=NN(c2ccc(Cl)cc2Cl)[C@@H](c2ccc(Cl)cc2)C1. The highest BCUT2D eigenvalue weighted by Crippen LogP contribution is 2.39. The van der Waals surface area contributed by atoms with Gasteiger partial charge in [0, 0.05) is 22.5 Å². The molecule has 0 fully saturated rings. The third-order valence-corrected chi connectivity index (χ3v) is 5.68. The molecule has 0 amide bonds. The van der Waals surface area contributed by atoms with Gasteiger partial charge in [0.15, 0.2) is 0 Å². The first-order chi connectivity index (χ1) is 15.3. The van der Waals surface area contributed by atoms with E-state index in [-0.39, 0.29) is 24.2 Å². The lowest BCUT2D eigenvalue weighted by atomic mass is 10.0. The molecule has 32 heavy (non-hydrogen) atoms. The Morgan fingerprint density at radius 1 is 1.03 bits per heavy atom. The Balaban J connectivity index is 0.000000269. The molecule has 0 unspecified atom stereocenters. The van der Waals surface area contributed by atoms with Gasteiger partial charge < -0.3 is 10.8 Å². The number of hydrogen-bond donors (Lipinski definition) is 2. The fraction of sp³-hybridized carbons (Fsp3) is 0.167. The molecule has 8 heteroatoms. The van der Waals surface area contributed by atoms with E-state index in [1.54, 1.807) is 35.3 Å². The van der Waals surface area contributed by atoms with Gasteiger partial charge in [-0.15, -0.1) is 0 Å². The lowest BCUT2D eigenvalue weighted by molar-refractivity contribution is -0.129. The number of nitrogens with two attached hydrogens (primary N) is 1. The van der Waals surface area contributed by atoms with E-state index in [9.17, 15) is 9.90 Å². The average molecular weight is 491 g/mol. The molecule has 3 aromatic rings. The molecule has 166 valence electrons. The molecule has 2 atom stereocenters. The van der Waals surface area contributed by atoms with Crippen LogP contribution in [0.2, 0.25) is 15.1 Å². The minimum Gasteiger partial charge on any atom is -0.477 e. The van der Waals surface area contributed by atoms with Gasteiger partial charge in [-0.3, -0.25) is 5.01 Å². The van der Waals surface area contributed by atoms with Crippen molar-refractivity contribution in [3.8, 4) is 0 Å². The summed E-state index contributed by atoms with van der Waals surface area (Å²) in [6.07, 6.45) is 0.274. The average Bonchev–Trinajstić information content (AvgIpc) is 3.21. The van der Waals surface area contributed by atoms with Gasteiger partial charge >= 0.3 is 5.97 Å². The Hall–Kier alpha value is -2.57. The van der Waals surface area contributed by atoms with Crippen LogP contribution in [0.1, 0.15) is 36.6 Å². The number of halogens is 3. The maximum absolute atomic E-state index is 11.3. The zero-order valence-electron chi connectivity index (χ0n) is 17.3. The molecule has 5 nitrogen and oxygen atoms in total. The highest BCUT2D eigenvalue weighted by Gasteiger charge is 2.33. The van der Waals surface area contributed by atoms with E-state index in [1.165, 1.54) is 5.56 Å². The first-order valence-corrected chi connectivity index (χ1v) is 11.0. The molecule has 3 aromatic carbocycles. The van der Waals surface area contributed by atoms with Gasteiger partial charge in [0.05, 0.1) is 16.8 Å². The van der Waals surface area contributed by atoms with Crippen LogP contribution < -0.4 is 10.7 Å². The summed E-state index contributed by atoms with van der Waals surface area (Å²) in [5.74, 6) is -1.04. The van der Waals surface area contributed by atoms with Crippen molar-refractivity contribution in [2.75, 3.05) is 5.01 Å². The molecule has 1 aliphatic heterocycles. The van der Waals surface area contributed by atoms with Crippen LogP contribution in [-0.2, 0) is 4.79 Å². The van der Waals surface area contributed by atoms with Crippen LogP contribution in [0.25, 0.3) is 0 Å². The van der Waals surface area contributed by atoms with Gasteiger partial charge in [0.2, 0.25) is 0 Å². The molecule has 0 bridgehead atoms. The molecule has 1 aliphatic rings. The van der Waals surface area contributed by atoms with Crippen molar-refractivity contribution in [1.29, 1.82) is 0 Å². The van der Waals surface area contributed by atoms with Crippen LogP contribution in [-0.4, -0.2) is 16.8 Å². The van der Waals surface area contributed by atoms with E-state index in [1.807, 2.05) is 49.4 Å². The summed E-state index contributed by atoms with van der Waals surface area (Å²) in [7, 11) is 0. The second-order valence-corrected chi connectivity index (χ2v) is 8.54. The summed E-state index contributed by atoms with van der Waals surface area (Å²) in [6, 6.07) is 22.2. The zero-order valence-corrected chi connectivity index (χ0v) is 19.5. The minimum absolute atomic E-state index is 0.0796. The maximum atomic E-state index is 11.3. The second kappa shape index (κ2) is 10.8. The first-order valence-electron chi connectivity index (χ1n) is 9.87. The van der Waals surface area contributed by atoms with Crippen LogP contribution in [0.5, 0.6) is 0 Å². The maximum Gasteiger partial charge on any atom is 0.352 e. The zero-order chi connectivity index (χ0) is 23.3. The summed E-state index contributed by atoms with van der Waals surface area (Å²) in [4.78, 5) is 11.3. The van der Waals surface area contributed by atoms with E-state index in [2.05, 4.69) is 5.10 Å². The monoisotopic (exact) mass is 489 g/mol. The fourth-order valence-corrected chi connectivity index (χ4v) is 3.85. The van der Waals surface area contributed by atoms with Gasteiger partial charge in [0.25, 0.3) is 0 Å². The summed E-state index contributed by atoms with van der Waals surface area (Å²) in [6.45, 7) is 1.98. The van der Waals surface area contributed by atoms with Crippen LogP contribution in [0.4, 0.5) is 5.69 Å². The van der Waals surface area contributed by atoms with Crippen LogP contribution >= 0.6 is 34.8 Å². The molecule has 0 aliphatic carbocycles. The normalized spacial score (nSPS) is 16.1. The molecule has 0 spiro atoms. The first kappa shape index (κ1) is 24.1. The van der Waals surface area contributed by atoms with Crippen LogP contribution in [0, 0.1) is 0 Å². The number of rotatable bonds is 4. The lowest BCUT2D eigenvalue weighted by Gasteiger charge is -2.25. The number of carboxylic acid groups (broad SMARTS) is 1. The van der Waals surface area contributed by atoms with Crippen molar-refractivity contribution in [2.24, 2.45) is 10.8 Å². The number of nitrogens with zero attached hydrogens (tertiary/aromatic N) is 2. The highest BCUT2D eigenvalue weighted by molar-refractivity contribution is 6.38. The fourth-order valence-electron chi connectivity index (χ4n) is 3.23. The number of anilines is 1. The largest absolute Gasteiger partial charge is 0.477 e. The molecule has 0 saturated carbocycles. The van der Waals surface area contributed by atoms with Gasteiger partial charge in [-0.1, -0.05) is 77.3 Å². The van der Waals surface area contributed by atoms with Crippen LogP contribution in [0.3, 0.4) is 0 Å². The summed E-state index contributed by atoms with van der Waals surface area (Å²) < 4.78 is 0. The van der Waals surface area contributed by atoms with Crippen molar-refractivity contribution in [2.45, 2.75) is 25.4 Å². The smallest absolute Gasteiger partial charge is 0.352 e. The number of benzene rings is 3. The molecule has 0 radical (unpaired) electrons. The Bertz CT molecular complexity index is 1100. The van der Waals surface area contributed by atoms with Crippen molar-refractivity contribution >= 4 is 52.2 Å². The predicted molar refractivity (Wildman–Crippen MR) is 132 cm³/mol. The van der Waals surface area contributed by atoms with Gasteiger partial charge in [-0.2, -0.15) is 5.10 Å². The lowest BCUT2D eigenvalue weighted by Crippen LogP contribution is -2.19. The Labute approximate surface area is 202 Å². The van der Waals surface area contributed by atoms with E-state index in [0.717, 1.165) is 5.56 Å². The van der Waals surface area contributed by atoms with Gasteiger partial charge in [-0.25, -0.2) is 4.79 Å². The van der Waals surface area contributed by atoms with E-state index < -0.39 is 5.97 Å². The minimum atomic E-state index is -1.04. The Morgan fingerprint density at radius 2 is 1.66 bits per heavy atom. The summed E-state index contributed by atoms with van der Waals surface area (Å²) in [5, 5.41) is 16.6. The quantitative estimate of drug-likeness (QED) is 0.424. The molecule has 4 rings (SSSR count). The molecular weight excluding hydrogens is 469 g/mol. The standard InChI is InChI=1S/C16H11Cl3N2O2.C8H11N/c17-10-3-1-9(2-4-10)15-8-13(16(22)23)20-21(15)14-6-5-11(18)7-12(14)19;1-7(9)8-5-3-2-4-6-8/h1-7,15H,8H2,(H,22,23);2-7H,9H2,1H3/t15-;7-/m10/s1. The Morgan fingerprint density at radius 3 is 2.19 bits per heavy atom. The molecule has 0 aromatic heterocycles. The number of carbonyl (C=O) groups is 1. The van der Waals surface area contributed by atoms with Gasteiger partial charge in [0.1, 0.15) is 5.71 Å². The van der Waals surface area contributed by atoms with E-state index >= 15 is 0 Å². The molecule has 0 saturated heterocycles. The number of aliphatic carboxylic acids is 1. The van der Waals surface area contributed by atoms with E-state index in [0.29, 0.717) is 20.8 Å². The second-order valence-electron chi connectivity index (χ2n) is 7.26. The molecular formula is C24H22Cl3N3O2. The topological polar surface area (TPSA) is 78.9 Å². The molecule has 1 heterocycles. The number of carboxylic acids is 1. The Kier molecular flexibility index (Phi) is 8.15. The van der Waals surface area contributed by atoms with E-state index in [4.69, 9.17) is 40.5 Å². The van der Waals surface area contributed by atoms with Crippen molar-refractivity contribution in [3.05, 3.63) is 99.0 Å². The van der Waals surface area contributed by atoms with Crippen molar-refractivity contribution in [1.82, 2.24) is 0 Å². The molecule has 3 N–H and O–H groups in total. The predicted octanol–water partition coefficient (Wildman–Crippen LogP) is 6.75. The van der Waals surface area contributed by atoms with Gasteiger partial charge in [-0.05, 0) is 48.4 Å². The number of hydrogen-bond acceptors (Lipinski definition) is 4.